The van der Waals surface area contributed by atoms with E-state index < -0.39 is 18.4 Å². The number of anilines is 1. The van der Waals surface area contributed by atoms with Crippen LogP contribution in [-0.2, 0) is 9.59 Å². The number of nitrogens with zero attached hydrogens (tertiary/aromatic N) is 1. The molecule has 0 saturated heterocycles. The van der Waals surface area contributed by atoms with Crippen LogP contribution in [0.3, 0.4) is 0 Å². The summed E-state index contributed by atoms with van der Waals surface area (Å²) < 4.78 is 5.00. The Hall–Kier alpha value is -1.75. The predicted octanol–water partition coefficient (Wildman–Crippen LogP) is 1.35. The molecule has 1 N–H and O–H groups in total. The number of amides is 1. The number of carbonyl (C=O) groups is 2. The zero-order chi connectivity index (χ0) is 12.8. The van der Waals surface area contributed by atoms with Gasteiger partial charge >= 0.3 is 5.97 Å². The number of rotatable bonds is 5. The highest BCUT2D eigenvalue weighted by Gasteiger charge is 2.18. The Morgan fingerprint density at radius 3 is 2.71 bits per heavy atom. The van der Waals surface area contributed by atoms with E-state index in [9.17, 15) is 9.59 Å². The van der Waals surface area contributed by atoms with Crippen molar-refractivity contribution in [2.24, 2.45) is 0 Å². The normalized spacial score (nSPS) is 9.76. The molecule has 92 valence electrons. The topological polar surface area (TPSA) is 66.8 Å². The van der Waals surface area contributed by atoms with Crippen molar-refractivity contribution in [3.05, 3.63) is 24.3 Å². The minimum atomic E-state index is -1.11. The third-order valence-electron chi connectivity index (χ3n) is 2.07. The molecular weight excluding hydrogens is 246 g/mol. The molecule has 0 bridgehead atoms. The molecule has 0 aliphatic rings. The van der Waals surface area contributed by atoms with Gasteiger partial charge in [-0.2, -0.15) is 0 Å². The van der Waals surface area contributed by atoms with Crippen LogP contribution >= 0.6 is 11.6 Å². The summed E-state index contributed by atoms with van der Waals surface area (Å²) in [6.45, 7) is -0.432. The summed E-state index contributed by atoms with van der Waals surface area (Å²) in [6.07, 6.45) is 0. The van der Waals surface area contributed by atoms with Crippen LogP contribution in [0.1, 0.15) is 0 Å². The lowest BCUT2D eigenvalue weighted by molar-refractivity contribution is -0.136. The maximum atomic E-state index is 11.5. The van der Waals surface area contributed by atoms with Gasteiger partial charge in [-0.3, -0.25) is 9.59 Å². The Labute approximate surface area is 104 Å². The van der Waals surface area contributed by atoms with Gasteiger partial charge in [0.2, 0.25) is 5.91 Å². The lowest BCUT2D eigenvalue weighted by Gasteiger charge is -2.20. The number of carboxylic acids is 1. The van der Waals surface area contributed by atoms with Crippen molar-refractivity contribution >= 4 is 29.2 Å². The number of hydrogen-bond acceptors (Lipinski definition) is 3. The molecule has 1 aromatic rings. The maximum Gasteiger partial charge on any atom is 0.323 e. The van der Waals surface area contributed by atoms with E-state index in [1.165, 1.54) is 7.11 Å². The number of methoxy groups -OCH3 is 1. The van der Waals surface area contributed by atoms with Gasteiger partial charge in [-0.05, 0) is 12.1 Å². The summed E-state index contributed by atoms with van der Waals surface area (Å²) in [6, 6.07) is 6.57. The molecule has 1 aromatic carbocycles. The second kappa shape index (κ2) is 6.10. The van der Waals surface area contributed by atoms with Gasteiger partial charge < -0.3 is 14.7 Å². The zero-order valence-electron chi connectivity index (χ0n) is 9.22. The van der Waals surface area contributed by atoms with E-state index in [0.29, 0.717) is 11.4 Å². The van der Waals surface area contributed by atoms with Gasteiger partial charge in [0.15, 0.2) is 0 Å². The van der Waals surface area contributed by atoms with Crippen molar-refractivity contribution < 1.29 is 19.4 Å². The summed E-state index contributed by atoms with van der Waals surface area (Å²) in [4.78, 5) is 23.3. The van der Waals surface area contributed by atoms with Crippen molar-refractivity contribution in [2.45, 2.75) is 0 Å². The molecule has 0 aromatic heterocycles. The van der Waals surface area contributed by atoms with E-state index in [2.05, 4.69) is 0 Å². The van der Waals surface area contributed by atoms with Gasteiger partial charge in [-0.1, -0.05) is 6.07 Å². The molecular formula is C11H12ClNO4. The fourth-order valence-corrected chi connectivity index (χ4v) is 1.45. The standard InChI is InChI=1S/C11H12ClNO4/c1-17-9-4-2-3-8(5-9)13(7-11(15)16)10(14)6-12/h2-5H,6-7H2,1H3,(H,15,16). The van der Waals surface area contributed by atoms with E-state index in [1.54, 1.807) is 24.3 Å². The number of carbonyl (C=O) groups excluding carboxylic acids is 1. The smallest absolute Gasteiger partial charge is 0.323 e. The van der Waals surface area contributed by atoms with Crippen LogP contribution in [0.4, 0.5) is 5.69 Å². The maximum absolute atomic E-state index is 11.5. The molecule has 0 radical (unpaired) electrons. The van der Waals surface area contributed by atoms with Crippen LogP contribution in [0.2, 0.25) is 0 Å². The monoisotopic (exact) mass is 257 g/mol. The highest BCUT2D eigenvalue weighted by molar-refractivity contribution is 6.29. The molecule has 0 aliphatic heterocycles. The van der Waals surface area contributed by atoms with Crippen LogP contribution in [0.5, 0.6) is 5.75 Å². The molecule has 0 heterocycles. The molecule has 5 nitrogen and oxygen atoms in total. The number of halogens is 1. The van der Waals surface area contributed by atoms with Crippen LogP contribution in [-0.4, -0.2) is 36.5 Å². The minimum absolute atomic E-state index is 0.273. The highest BCUT2D eigenvalue weighted by atomic mass is 35.5. The third-order valence-corrected chi connectivity index (χ3v) is 2.30. The van der Waals surface area contributed by atoms with Gasteiger partial charge in [-0.15, -0.1) is 11.6 Å². The average Bonchev–Trinajstić information content (AvgIpc) is 2.35. The van der Waals surface area contributed by atoms with Crippen LogP contribution < -0.4 is 9.64 Å². The Morgan fingerprint density at radius 1 is 1.47 bits per heavy atom. The van der Waals surface area contributed by atoms with E-state index >= 15 is 0 Å². The van der Waals surface area contributed by atoms with Crippen LogP contribution in [0.15, 0.2) is 24.3 Å². The second-order valence-electron chi connectivity index (χ2n) is 3.21. The quantitative estimate of drug-likeness (QED) is 0.809. The van der Waals surface area contributed by atoms with Gasteiger partial charge in [0.1, 0.15) is 18.2 Å². The van der Waals surface area contributed by atoms with Crippen molar-refractivity contribution in [2.75, 3.05) is 24.4 Å². The van der Waals surface area contributed by atoms with Crippen molar-refractivity contribution in [3.63, 3.8) is 0 Å². The molecule has 0 atom stereocenters. The van der Waals surface area contributed by atoms with Crippen LogP contribution in [0, 0.1) is 0 Å². The number of aliphatic carboxylic acids is 1. The fraction of sp³-hybridized carbons (Fsp3) is 0.273. The zero-order valence-corrected chi connectivity index (χ0v) is 9.98. The first kappa shape index (κ1) is 13.3. The Bertz CT molecular complexity index is 422. The highest BCUT2D eigenvalue weighted by Crippen LogP contribution is 2.21. The van der Waals surface area contributed by atoms with Gasteiger partial charge in [0.05, 0.1) is 7.11 Å². The number of benzene rings is 1. The predicted molar refractivity (Wildman–Crippen MR) is 63.7 cm³/mol. The van der Waals surface area contributed by atoms with Crippen molar-refractivity contribution in [1.82, 2.24) is 0 Å². The average molecular weight is 258 g/mol. The second-order valence-corrected chi connectivity index (χ2v) is 3.48. The Balaban J connectivity index is 3.02. The first-order valence-corrected chi connectivity index (χ1v) is 5.34. The lowest BCUT2D eigenvalue weighted by Crippen LogP contribution is -2.36. The molecule has 6 heteroatoms. The summed E-state index contributed by atoms with van der Waals surface area (Å²) >= 11 is 5.44. The summed E-state index contributed by atoms with van der Waals surface area (Å²) in [5.74, 6) is -1.31. The first-order valence-electron chi connectivity index (χ1n) is 4.80. The summed E-state index contributed by atoms with van der Waals surface area (Å²) in [5.41, 5.74) is 0.442. The van der Waals surface area contributed by atoms with E-state index in [4.69, 9.17) is 21.4 Å². The van der Waals surface area contributed by atoms with Gasteiger partial charge in [0, 0.05) is 11.8 Å². The molecule has 0 saturated carbocycles. The van der Waals surface area contributed by atoms with Crippen molar-refractivity contribution in [3.8, 4) is 5.75 Å². The summed E-state index contributed by atoms with van der Waals surface area (Å²) in [5, 5.41) is 8.75. The molecule has 0 unspecified atom stereocenters. The lowest BCUT2D eigenvalue weighted by atomic mass is 10.2. The van der Waals surface area contributed by atoms with E-state index in [0.717, 1.165) is 4.90 Å². The number of carboxylic acid groups (broad SMARTS) is 1. The number of alkyl halides is 1. The van der Waals surface area contributed by atoms with Crippen molar-refractivity contribution in [1.29, 1.82) is 0 Å². The summed E-state index contributed by atoms with van der Waals surface area (Å²) in [7, 11) is 1.49. The van der Waals surface area contributed by atoms with Crippen LogP contribution in [0.25, 0.3) is 0 Å². The first-order chi connectivity index (χ1) is 8.08. The molecule has 1 rings (SSSR count). The van der Waals surface area contributed by atoms with Gasteiger partial charge in [0.25, 0.3) is 0 Å². The molecule has 0 spiro atoms. The minimum Gasteiger partial charge on any atom is -0.497 e. The molecule has 1 amide bonds. The number of ether oxygens (including phenoxy) is 1. The third kappa shape index (κ3) is 3.64. The number of hydrogen-bond donors (Lipinski definition) is 1. The largest absolute Gasteiger partial charge is 0.497 e. The fourth-order valence-electron chi connectivity index (χ4n) is 1.31. The van der Waals surface area contributed by atoms with E-state index in [1.807, 2.05) is 0 Å². The Morgan fingerprint density at radius 2 is 2.18 bits per heavy atom. The molecule has 0 fully saturated rings. The Kier molecular flexibility index (Phi) is 4.78. The van der Waals surface area contributed by atoms with Gasteiger partial charge in [-0.25, -0.2) is 0 Å². The SMILES string of the molecule is COc1cccc(N(CC(=O)O)C(=O)CCl)c1. The van der Waals surface area contributed by atoms with E-state index in [-0.39, 0.29) is 5.88 Å². The molecule has 0 aliphatic carbocycles. The molecule has 17 heavy (non-hydrogen) atoms.